The second-order valence-electron chi connectivity index (χ2n) is 5.71. The molecular weight excluding hydrogens is 275 g/mol. The molecule has 2 aromatic rings. The molecule has 0 saturated carbocycles. The average Bonchev–Trinajstić information content (AvgIpc) is 2.42. The van der Waals surface area contributed by atoms with Gasteiger partial charge in [0, 0.05) is 11.9 Å². The third kappa shape index (κ3) is 3.25. The Labute approximate surface area is 131 Å². The van der Waals surface area contributed by atoms with Gasteiger partial charge in [-0.3, -0.25) is 4.98 Å². The molecule has 0 fully saturated rings. The standard InChI is InChI=1S/C19H21FN2/c1-11(2)16(8-15-10-22-14(5)6-12(15)3)17-9-19(21)18(20)7-13(17)4/h6-10H,1,21H2,2-5H3/b16-8+. The molecule has 0 aliphatic rings. The van der Waals surface area contributed by atoms with Gasteiger partial charge in [-0.2, -0.15) is 0 Å². The third-order valence-corrected chi connectivity index (χ3v) is 3.68. The predicted octanol–water partition coefficient (Wildman–Crippen LogP) is 4.84. The molecule has 0 saturated heterocycles. The number of aryl methyl sites for hydroxylation is 3. The summed E-state index contributed by atoms with van der Waals surface area (Å²) in [6, 6.07) is 5.16. The van der Waals surface area contributed by atoms with Gasteiger partial charge in [-0.25, -0.2) is 4.39 Å². The predicted molar refractivity (Wildman–Crippen MR) is 91.9 cm³/mol. The normalized spacial score (nSPS) is 11.6. The third-order valence-electron chi connectivity index (χ3n) is 3.68. The van der Waals surface area contributed by atoms with Gasteiger partial charge < -0.3 is 5.73 Å². The van der Waals surface area contributed by atoms with Crippen LogP contribution in [-0.2, 0) is 0 Å². The number of benzene rings is 1. The summed E-state index contributed by atoms with van der Waals surface area (Å²) in [5.74, 6) is -0.393. The lowest BCUT2D eigenvalue weighted by atomic mass is 9.93. The molecule has 0 atom stereocenters. The summed E-state index contributed by atoms with van der Waals surface area (Å²) in [6.07, 6.45) is 3.87. The molecule has 0 aliphatic heterocycles. The van der Waals surface area contributed by atoms with E-state index in [4.69, 9.17) is 5.73 Å². The Hall–Kier alpha value is -2.42. The quantitative estimate of drug-likeness (QED) is 0.650. The topological polar surface area (TPSA) is 38.9 Å². The van der Waals surface area contributed by atoms with Crippen LogP contribution in [0.25, 0.3) is 11.6 Å². The SMILES string of the molecule is C=C(C)/C(=C\c1cnc(C)cc1C)c1cc(N)c(F)cc1C. The summed E-state index contributed by atoms with van der Waals surface area (Å²) in [5.41, 5.74) is 12.6. The first-order valence-electron chi connectivity index (χ1n) is 7.16. The van der Waals surface area contributed by atoms with Crippen molar-refractivity contribution in [3.8, 4) is 0 Å². The lowest BCUT2D eigenvalue weighted by Gasteiger charge is -2.13. The minimum Gasteiger partial charge on any atom is -0.396 e. The van der Waals surface area contributed by atoms with Crippen molar-refractivity contribution in [3.63, 3.8) is 0 Å². The van der Waals surface area contributed by atoms with Crippen molar-refractivity contribution in [3.05, 3.63) is 70.3 Å². The van der Waals surface area contributed by atoms with Gasteiger partial charge in [0.25, 0.3) is 0 Å². The Morgan fingerprint density at radius 2 is 1.86 bits per heavy atom. The molecule has 2 rings (SSSR count). The van der Waals surface area contributed by atoms with Crippen LogP contribution in [0.4, 0.5) is 10.1 Å². The van der Waals surface area contributed by atoms with Crippen LogP contribution in [0, 0.1) is 26.6 Å². The fraction of sp³-hybridized carbons (Fsp3) is 0.211. The van der Waals surface area contributed by atoms with Crippen LogP contribution < -0.4 is 5.73 Å². The van der Waals surface area contributed by atoms with Crippen molar-refractivity contribution >= 4 is 17.3 Å². The molecule has 2 nitrogen and oxygen atoms in total. The first kappa shape index (κ1) is 16.0. The highest BCUT2D eigenvalue weighted by Gasteiger charge is 2.11. The fourth-order valence-corrected chi connectivity index (χ4v) is 2.42. The number of anilines is 1. The number of rotatable bonds is 3. The molecule has 0 radical (unpaired) electrons. The Morgan fingerprint density at radius 1 is 1.18 bits per heavy atom. The van der Waals surface area contributed by atoms with Gasteiger partial charge in [0.2, 0.25) is 0 Å². The first-order chi connectivity index (χ1) is 10.3. The average molecular weight is 296 g/mol. The number of nitrogen functional groups attached to an aromatic ring is 1. The smallest absolute Gasteiger partial charge is 0.146 e. The molecule has 1 heterocycles. The highest BCUT2D eigenvalue weighted by atomic mass is 19.1. The van der Waals surface area contributed by atoms with Crippen molar-refractivity contribution in [2.75, 3.05) is 5.73 Å². The van der Waals surface area contributed by atoms with Gasteiger partial charge in [-0.15, -0.1) is 0 Å². The molecule has 2 N–H and O–H groups in total. The molecule has 0 bridgehead atoms. The number of nitrogens with two attached hydrogens (primary N) is 1. The van der Waals surface area contributed by atoms with Crippen molar-refractivity contribution in [1.82, 2.24) is 4.98 Å². The molecule has 0 unspecified atom stereocenters. The zero-order valence-electron chi connectivity index (χ0n) is 13.5. The number of nitrogens with zero attached hydrogens (tertiary/aromatic N) is 1. The minimum atomic E-state index is -0.393. The number of halogens is 1. The van der Waals surface area contributed by atoms with E-state index < -0.39 is 5.82 Å². The number of pyridine rings is 1. The maximum Gasteiger partial charge on any atom is 0.146 e. The summed E-state index contributed by atoms with van der Waals surface area (Å²) >= 11 is 0. The van der Waals surface area contributed by atoms with E-state index in [0.29, 0.717) is 0 Å². The minimum absolute atomic E-state index is 0.145. The Balaban J connectivity index is 2.63. The molecule has 114 valence electrons. The first-order valence-corrected chi connectivity index (χ1v) is 7.16. The highest BCUT2D eigenvalue weighted by Crippen LogP contribution is 2.30. The fourth-order valence-electron chi connectivity index (χ4n) is 2.42. The van der Waals surface area contributed by atoms with Gasteiger partial charge in [-0.1, -0.05) is 12.2 Å². The number of allylic oxidation sites excluding steroid dienone is 2. The van der Waals surface area contributed by atoms with Crippen molar-refractivity contribution < 1.29 is 4.39 Å². The summed E-state index contributed by atoms with van der Waals surface area (Å²) < 4.78 is 13.6. The van der Waals surface area contributed by atoms with E-state index >= 15 is 0 Å². The molecule has 0 amide bonds. The van der Waals surface area contributed by atoms with Crippen LogP contribution in [0.15, 0.2) is 36.5 Å². The van der Waals surface area contributed by atoms with E-state index in [-0.39, 0.29) is 5.69 Å². The maximum absolute atomic E-state index is 13.6. The number of aromatic nitrogens is 1. The van der Waals surface area contributed by atoms with E-state index in [1.54, 1.807) is 6.07 Å². The Morgan fingerprint density at radius 3 is 2.45 bits per heavy atom. The number of hydrogen-bond acceptors (Lipinski definition) is 2. The van der Waals surface area contributed by atoms with E-state index in [0.717, 1.165) is 39.1 Å². The number of hydrogen-bond donors (Lipinski definition) is 1. The van der Waals surface area contributed by atoms with E-state index in [9.17, 15) is 4.39 Å². The Kier molecular flexibility index (Phi) is 4.45. The van der Waals surface area contributed by atoms with Crippen molar-refractivity contribution in [2.45, 2.75) is 27.7 Å². The van der Waals surface area contributed by atoms with E-state index in [1.807, 2.05) is 46.0 Å². The van der Waals surface area contributed by atoms with Crippen molar-refractivity contribution in [2.24, 2.45) is 0 Å². The summed E-state index contributed by atoms with van der Waals surface area (Å²) in [7, 11) is 0. The van der Waals surface area contributed by atoms with Gasteiger partial charge in [-0.05, 0) is 79.8 Å². The van der Waals surface area contributed by atoms with Crippen molar-refractivity contribution in [1.29, 1.82) is 0 Å². The van der Waals surface area contributed by atoms with Gasteiger partial charge >= 0.3 is 0 Å². The molecule has 1 aromatic carbocycles. The molecule has 3 heteroatoms. The van der Waals surface area contributed by atoms with Crippen LogP contribution >= 0.6 is 0 Å². The second kappa shape index (κ2) is 6.14. The van der Waals surface area contributed by atoms with Crippen LogP contribution in [0.5, 0.6) is 0 Å². The van der Waals surface area contributed by atoms with Crippen LogP contribution in [0.1, 0.15) is 34.9 Å². The molecule has 0 spiro atoms. The lowest BCUT2D eigenvalue weighted by molar-refractivity contribution is 0.631. The highest BCUT2D eigenvalue weighted by molar-refractivity contribution is 5.92. The largest absolute Gasteiger partial charge is 0.396 e. The zero-order valence-corrected chi connectivity index (χ0v) is 13.5. The summed E-state index contributed by atoms with van der Waals surface area (Å²) in [6.45, 7) is 11.9. The lowest BCUT2D eigenvalue weighted by Crippen LogP contribution is -1.98. The molecule has 0 aliphatic carbocycles. The van der Waals surface area contributed by atoms with E-state index in [1.165, 1.54) is 6.07 Å². The van der Waals surface area contributed by atoms with Gasteiger partial charge in [0.15, 0.2) is 0 Å². The van der Waals surface area contributed by atoms with Crippen LogP contribution in [-0.4, -0.2) is 4.98 Å². The Bertz CT molecular complexity index is 773. The molecular formula is C19H21FN2. The zero-order chi connectivity index (χ0) is 16.4. The summed E-state index contributed by atoms with van der Waals surface area (Å²) in [4.78, 5) is 4.34. The van der Waals surface area contributed by atoms with Crippen LogP contribution in [0.3, 0.4) is 0 Å². The van der Waals surface area contributed by atoms with Gasteiger partial charge in [0.1, 0.15) is 5.82 Å². The van der Waals surface area contributed by atoms with Crippen LogP contribution in [0.2, 0.25) is 0 Å². The van der Waals surface area contributed by atoms with Gasteiger partial charge in [0.05, 0.1) is 5.69 Å². The maximum atomic E-state index is 13.6. The van der Waals surface area contributed by atoms with E-state index in [2.05, 4.69) is 11.6 Å². The monoisotopic (exact) mass is 296 g/mol. The molecule has 22 heavy (non-hydrogen) atoms. The second-order valence-corrected chi connectivity index (χ2v) is 5.71. The summed E-state index contributed by atoms with van der Waals surface area (Å²) in [5, 5.41) is 0. The molecule has 1 aromatic heterocycles.